The van der Waals surface area contributed by atoms with Crippen LogP contribution in [0.3, 0.4) is 0 Å². The van der Waals surface area contributed by atoms with Crippen molar-refractivity contribution in [2.24, 2.45) is 10.3 Å². The van der Waals surface area contributed by atoms with Gasteiger partial charge in [-0.15, -0.1) is 5.11 Å². The van der Waals surface area contributed by atoms with E-state index in [4.69, 9.17) is 5.26 Å². The van der Waals surface area contributed by atoms with Crippen molar-refractivity contribution in [3.63, 3.8) is 0 Å². The molecule has 3 aromatic carbocycles. The van der Waals surface area contributed by atoms with Crippen LogP contribution >= 0.6 is 0 Å². The number of nitrogens with zero attached hydrogens (tertiary/aromatic N) is 3. The number of hydrogen-bond acceptors (Lipinski definition) is 4. The molecule has 0 aromatic heterocycles. The lowest BCUT2D eigenvalue weighted by atomic mass is 10.2. The first-order chi connectivity index (χ1) is 11.9. The summed E-state index contributed by atoms with van der Waals surface area (Å²) in [6.07, 6.45) is 0. The van der Waals surface area contributed by atoms with Gasteiger partial charge in [0, 0.05) is 0 Å². The highest BCUT2D eigenvalue weighted by Gasteiger charge is 1.86. The van der Waals surface area contributed by atoms with Gasteiger partial charge in [0.25, 0.3) is 0 Å². The van der Waals surface area contributed by atoms with Gasteiger partial charge in [0.05, 0.1) is 23.0 Å². The molecule has 2 N–H and O–H groups in total. The third-order valence-corrected chi connectivity index (χ3v) is 2.85. The first kappa shape index (κ1) is 16.7. The first-order valence-corrected chi connectivity index (χ1v) is 7.35. The molecule has 3 aromatic rings. The second-order valence-electron chi connectivity index (χ2n) is 4.62. The predicted octanol–water partition coefficient (Wildman–Crippen LogP) is 4.86. The molecule has 0 saturated carbocycles. The number of para-hydroxylation sites is 1. The molecule has 0 amide bonds. The first-order valence-electron chi connectivity index (χ1n) is 7.35. The van der Waals surface area contributed by atoms with Gasteiger partial charge in [-0.3, -0.25) is 5.43 Å². The average Bonchev–Trinajstić information content (AvgIpc) is 2.68. The smallest absolute Gasteiger partial charge is 0.0991 e. The zero-order chi connectivity index (χ0) is 16.9. The molecule has 0 aliphatic heterocycles. The van der Waals surface area contributed by atoms with Crippen LogP contribution in [-0.2, 0) is 0 Å². The number of benzene rings is 3. The van der Waals surface area contributed by atoms with E-state index in [1.165, 1.54) is 0 Å². The predicted molar refractivity (Wildman–Crippen MR) is 95.3 cm³/mol. The van der Waals surface area contributed by atoms with Crippen molar-refractivity contribution in [3.05, 3.63) is 96.6 Å². The minimum Gasteiger partial charge on any atom is -0.284 e. The lowest BCUT2D eigenvalue weighted by Crippen LogP contribution is -2.13. The van der Waals surface area contributed by atoms with Crippen molar-refractivity contribution in [1.82, 2.24) is 5.53 Å². The van der Waals surface area contributed by atoms with Crippen molar-refractivity contribution in [2.45, 2.75) is 0 Å². The van der Waals surface area contributed by atoms with Crippen molar-refractivity contribution in [1.29, 1.82) is 5.26 Å². The quantitative estimate of drug-likeness (QED) is 0.533. The number of nitriles is 1. The zero-order valence-corrected chi connectivity index (χ0v) is 13.0. The Morgan fingerprint density at radius 1 is 0.708 bits per heavy atom. The Bertz CT molecular complexity index is 765. The van der Waals surface area contributed by atoms with Crippen molar-refractivity contribution >= 4 is 11.4 Å². The molecule has 0 aliphatic rings. The minimum absolute atomic E-state index is 0.715. The summed E-state index contributed by atoms with van der Waals surface area (Å²) in [6.45, 7) is 0. The number of nitrogens with one attached hydrogen (secondary N) is 2. The average molecular weight is 315 g/mol. The molecule has 5 nitrogen and oxygen atoms in total. The van der Waals surface area contributed by atoms with E-state index in [0.29, 0.717) is 5.56 Å². The molecule has 0 saturated heterocycles. The van der Waals surface area contributed by atoms with Crippen LogP contribution in [0.2, 0.25) is 0 Å². The standard InChI is InChI=1S/C12H12N4.C7H5N/c1-3-7-11(8-4-1)13-15-16-14-12-9-5-2-6-10-12;8-6-7-4-2-1-3-5-7/h1-10H,(H,13,16)(H,14,15);1-5H. The van der Waals surface area contributed by atoms with Gasteiger partial charge >= 0.3 is 0 Å². The molecule has 0 radical (unpaired) electrons. The van der Waals surface area contributed by atoms with Gasteiger partial charge in [-0.05, 0) is 36.4 Å². The summed E-state index contributed by atoms with van der Waals surface area (Å²) in [6, 6.07) is 30.4. The summed E-state index contributed by atoms with van der Waals surface area (Å²) in [7, 11) is 0. The Labute approximate surface area is 141 Å². The van der Waals surface area contributed by atoms with Crippen LogP contribution in [0.15, 0.2) is 101 Å². The van der Waals surface area contributed by atoms with Crippen molar-refractivity contribution in [3.8, 4) is 6.07 Å². The van der Waals surface area contributed by atoms with Gasteiger partial charge in [-0.25, -0.2) is 5.53 Å². The maximum absolute atomic E-state index is 8.29. The topological polar surface area (TPSA) is 72.6 Å². The van der Waals surface area contributed by atoms with Crippen molar-refractivity contribution < 1.29 is 0 Å². The third-order valence-electron chi connectivity index (χ3n) is 2.85. The fraction of sp³-hybridized carbons (Fsp3) is 0. The minimum atomic E-state index is 0.715. The van der Waals surface area contributed by atoms with E-state index in [1.54, 1.807) is 12.1 Å². The van der Waals surface area contributed by atoms with Crippen LogP contribution in [0.25, 0.3) is 0 Å². The maximum atomic E-state index is 8.29. The molecule has 0 spiro atoms. The molecular weight excluding hydrogens is 298 g/mol. The molecule has 5 heteroatoms. The van der Waals surface area contributed by atoms with Gasteiger partial charge < -0.3 is 0 Å². The van der Waals surface area contributed by atoms with Gasteiger partial charge in [0.15, 0.2) is 0 Å². The number of anilines is 1. The molecule has 0 bridgehead atoms. The summed E-state index contributed by atoms with van der Waals surface area (Å²) < 4.78 is 0. The van der Waals surface area contributed by atoms with Crippen LogP contribution in [-0.4, -0.2) is 0 Å². The largest absolute Gasteiger partial charge is 0.284 e. The number of rotatable bonds is 4. The normalized spacial score (nSPS) is 9.46. The van der Waals surface area contributed by atoms with E-state index in [2.05, 4.69) is 21.3 Å². The second kappa shape index (κ2) is 10.1. The lowest BCUT2D eigenvalue weighted by molar-refractivity contribution is 0.806. The zero-order valence-electron chi connectivity index (χ0n) is 13.0. The van der Waals surface area contributed by atoms with Crippen LogP contribution in [0.5, 0.6) is 0 Å². The van der Waals surface area contributed by atoms with Gasteiger partial charge in [0.2, 0.25) is 0 Å². The van der Waals surface area contributed by atoms with E-state index in [9.17, 15) is 0 Å². The number of hydrazine groups is 1. The van der Waals surface area contributed by atoms with E-state index >= 15 is 0 Å². The van der Waals surface area contributed by atoms with Crippen molar-refractivity contribution in [2.75, 3.05) is 5.43 Å². The summed E-state index contributed by atoms with van der Waals surface area (Å²) in [5, 5.41) is 16.1. The third kappa shape index (κ3) is 6.41. The highest BCUT2D eigenvalue weighted by Crippen LogP contribution is 2.09. The molecule has 3 rings (SSSR count). The van der Waals surface area contributed by atoms with E-state index < -0.39 is 0 Å². The molecule has 0 unspecified atom stereocenters. The molecular formula is C19H17N5. The van der Waals surface area contributed by atoms with Crippen LogP contribution in [0.1, 0.15) is 5.56 Å². The molecule has 0 aliphatic carbocycles. The molecule has 0 heterocycles. The molecule has 0 fully saturated rings. The van der Waals surface area contributed by atoms with E-state index in [0.717, 1.165) is 11.4 Å². The summed E-state index contributed by atoms with van der Waals surface area (Å²) in [4.78, 5) is 0. The summed E-state index contributed by atoms with van der Waals surface area (Å²) >= 11 is 0. The Morgan fingerprint density at radius 3 is 1.79 bits per heavy atom. The second-order valence-corrected chi connectivity index (χ2v) is 4.62. The Morgan fingerprint density at radius 2 is 1.25 bits per heavy atom. The van der Waals surface area contributed by atoms with Gasteiger partial charge in [-0.1, -0.05) is 59.8 Å². The SMILES string of the molecule is N#Cc1ccccc1.c1ccc(N=NNNc2ccccc2)cc1. The highest BCUT2D eigenvalue weighted by molar-refractivity contribution is 5.41. The maximum Gasteiger partial charge on any atom is 0.0991 e. The Hall–Kier alpha value is -3.65. The fourth-order valence-electron chi connectivity index (χ4n) is 1.70. The lowest BCUT2D eigenvalue weighted by Gasteiger charge is -2.02. The molecule has 24 heavy (non-hydrogen) atoms. The Kier molecular flexibility index (Phi) is 7.06. The molecule has 0 atom stereocenters. The van der Waals surface area contributed by atoms with E-state index in [-0.39, 0.29) is 0 Å². The summed E-state index contributed by atoms with van der Waals surface area (Å²) in [5.74, 6) is 0. The monoisotopic (exact) mass is 315 g/mol. The Balaban J connectivity index is 0.000000219. The van der Waals surface area contributed by atoms with E-state index in [1.807, 2.05) is 84.9 Å². The number of hydrogen-bond donors (Lipinski definition) is 2. The molecule has 118 valence electrons. The van der Waals surface area contributed by atoms with Crippen LogP contribution < -0.4 is 11.0 Å². The van der Waals surface area contributed by atoms with Crippen LogP contribution in [0, 0.1) is 11.3 Å². The highest BCUT2D eigenvalue weighted by atomic mass is 15.6. The van der Waals surface area contributed by atoms with Gasteiger partial charge in [0.1, 0.15) is 0 Å². The van der Waals surface area contributed by atoms with Crippen LogP contribution in [0.4, 0.5) is 11.4 Å². The van der Waals surface area contributed by atoms with Gasteiger partial charge in [-0.2, -0.15) is 5.26 Å². The fourth-order valence-corrected chi connectivity index (χ4v) is 1.70. The summed E-state index contributed by atoms with van der Waals surface area (Å²) in [5.41, 5.74) is 8.03.